The molecule has 1 aromatic heterocycles. The molecule has 1 fully saturated rings. The monoisotopic (exact) mass is 358 g/mol. The van der Waals surface area contributed by atoms with Crippen LogP contribution < -0.4 is 5.32 Å². The molecule has 2 aliphatic heterocycles. The Balaban J connectivity index is 1.84. The number of carbonyl (C=O) groups excluding carboxylic acids is 1. The number of sulfonamides is 1. The zero-order chi connectivity index (χ0) is 16.8. The average molecular weight is 359 g/mol. The first-order valence-electron chi connectivity index (χ1n) is 7.43. The van der Waals surface area contributed by atoms with Crippen molar-refractivity contribution in [2.45, 2.75) is 31.1 Å². The highest BCUT2D eigenvalue weighted by molar-refractivity contribution is 7.89. The number of aryl methyl sites for hydroxylation is 2. The van der Waals surface area contributed by atoms with Crippen LogP contribution in [0.25, 0.3) is 0 Å². The summed E-state index contributed by atoms with van der Waals surface area (Å²) in [6.07, 6.45) is 5.22. The minimum Gasteiger partial charge on any atom is -0.333 e. The van der Waals surface area contributed by atoms with Crippen molar-refractivity contribution in [2.75, 3.05) is 13.1 Å². The van der Waals surface area contributed by atoms with Gasteiger partial charge in [0.2, 0.25) is 15.9 Å². The number of amides is 1. The summed E-state index contributed by atoms with van der Waals surface area (Å²) in [5, 5.41) is 6.91. The van der Waals surface area contributed by atoms with E-state index in [4.69, 9.17) is 11.6 Å². The van der Waals surface area contributed by atoms with Crippen LogP contribution in [0.3, 0.4) is 0 Å². The van der Waals surface area contributed by atoms with Gasteiger partial charge in [-0.2, -0.15) is 9.40 Å². The fourth-order valence-electron chi connectivity index (χ4n) is 3.28. The molecular weight excluding hydrogens is 340 g/mol. The van der Waals surface area contributed by atoms with Crippen LogP contribution in [0.4, 0.5) is 0 Å². The quantitative estimate of drug-likeness (QED) is 0.860. The van der Waals surface area contributed by atoms with Crippen molar-refractivity contribution in [1.82, 2.24) is 19.4 Å². The minimum atomic E-state index is -3.71. The summed E-state index contributed by atoms with van der Waals surface area (Å²) in [6, 6.07) is 0. The lowest BCUT2D eigenvalue weighted by molar-refractivity contribution is -0.132. The van der Waals surface area contributed by atoms with Crippen molar-refractivity contribution in [3.8, 4) is 0 Å². The molecule has 9 heteroatoms. The largest absolute Gasteiger partial charge is 0.333 e. The second kappa shape index (κ2) is 5.61. The Labute approximate surface area is 140 Å². The summed E-state index contributed by atoms with van der Waals surface area (Å²) in [4.78, 5) is 12.2. The number of allylic oxidation sites excluding steroid dienone is 1. The van der Waals surface area contributed by atoms with Crippen LogP contribution in [-0.4, -0.2) is 41.5 Å². The maximum atomic E-state index is 12.9. The van der Waals surface area contributed by atoms with Crippen molar-refractivity contribution in [3.63, 3.8) is 0 Å². The number of nitrogens with one attached hydrogen (secondary N) is 1. The molecule has 0 unspecified atom stereocenters. The normalized spacial score (nSPS) is 21.6. The summed E-state index contributed by atoms with van der Waals surface area (Å²) < 4.78 is 28.5. The van der Waals surface area contributed by atoms with Crippen molar-refractivity contribution >= 4 is 27.5 Å². The van der Waals surface area contributed by atoms with E-state index in [1.165, 1.54) is 8.99 Å². The highest BCUT2D eigenvalue weighted by Gasteiger charge is 2.44. The number of hydrogen-bond acceptors (Lipinski definition) is 4. The second-order valence-electron chi connectivity index (χ2n) is 6.09. The molecule has 23 heavy (non-hydrogen) atoms. The number of piperidine rings is 1. The van der Waals surface area contributed by atoms with Gasteiger partial charge in [-0.15, -0.1) is 0 Å². The van der Waals surface area contributed by atoms with E-state index in [1.807, 2.05) is 6.08 Å². The third-order valence-electron chi connectivity index (χ3n) is 4.70. The van der Waals surface area contributed by atoms with Crippen LogP contribution in [0, 0.1) is 12.3 Å². The Bertz CT molecular complexity index is 776. The molecule has 0 atom stereocenters. The van der Waals surface area contributed by atoms with E-state index in [1.54, 1.807) is 20.2 Å². The van der Waals surface area contributed by atoms with E-state index in [9.17, 15) is 13.2 Å². The van der Waals surface area contributed by atoms with Crippen LogP contribution in [0.1, 0.15) is 25.0 Å². The van der Waals surface area contributed by atoms with Crippen LogP contribution in [0.5, 0.6) is 0 Å². The van der Waals surface area contributed by atoms with Gasteiger partial charge in [-0.1, -0.05) is 17.7 Å². The topological polar surface area (TPSA) is 84.3 Å². The predicted octanol–water partition coefficient (Wildman–Crippen LogP) is 1.19. The summed E-state index contributed by atoms with van der Waals surface area (Å²) >= 11 is 6.10. The SMILES string of the molecule is Cc1nn(C)c(Cl)c1S(=O)(=O)N1CCC2(CC=CNC2=O)CC1. The predicted molar refractivity (Wildman–Crippen MR) is 85.3 cm³/mol. The summed E-state index contributed by atoms with van der Waals surface area (Å²) in [5.74, 6) is -0.0207. The second-order valence-corrected chi connectivity index (χ2v) is 8.33. The van der Waals surface area contributed by atoms with Gasteiger partial charge in [-0.25, -0.2) is 8.42 Å². The lowest BCUT2D eigenvalue weighted by atomic mass is 9.74. The van der Waals surface area contributed by atoms with Gasteiger partial charge < -0.3 is 5.32 Å². The van der Waals surface area contributed by atoms with E-state index in [0.29, 0.717) is 38.0 Å². The minimum absolute atomic E-state index is 0.0207. The third kappa shape index (κ3) is 2.58. The molecule has 0 radical (unpaired) electrons. The first-order valence-corrected chi connectivity index (χ1v) is 9.25. The fraction of sp³-hybridized carbons (Fsp3) is 0.571. The molecule has 1 saturated heterocycles. The highest BCUT2D eigenvalue weighted by atomic mass is 35.5. The molecule has 1 aromatic rings. The molecule has 0 aliphatic carbocycles. The molecule has 0 aromatic carbocycles. The summed E-state index contributed by atoms with van der Waals surface area (Å²) in [6.45, 7) is 2.23. The molecule has 0 saturated carbocycles. The van der Waals surface area contributed by atoms with E-state index < -0.39 is 15.4 Å². The molecule has 1 spiro atoms. The van der Waals surface area contributed by atoms with E-state index in [2.05, 4.69) is 10.4 Å². The molecule has 1 amide bonds. The molecule has 7 nitrogen and oxygen atoms in total. The lowest BCUT2D eigenvalue weighted by Crippen LogP contribution is -2.50. The number of carbonyl (C=O) groups is 1. The zero-order valence-electron chi connectivity index (χ0n) is 13.0. The Kier molecular flexibility index (Phi) is 4.02. The van der Waals surface area contributed by atoms with Crippen molar-refractivity contribution < 1.29 is 13.2 Å². The summed E-state index contributed by atoms with van der Waals surface area (Å²) in [7, 11) is -2.10. The molecule has 1 N–H and O–H groups in total. The Morgan fingerprint density at radius 2 is 2.00 bits per heavy atom. The number of rotatable bonds is 2. The molecular formula is C14H19ClN4O3S. The smallest absolute Gasteiger partial charge is 0.248 e. The van der Waals surface area contributed by atoms with Gasteiger partial charge in [0.05, 0.1) is 11.1 Å². The Morgan fingerprint density at radius 1 is 1.35 bits per heavy atom. The highest BCUT2D eigenvalue weighted by Crippen LogP contribution is 2.39. The van der Waals surface area contributed by atoms with E-state index >= 15 is 0 Å². The number of nitrogens with zero attached hydrogens (tertiary/aromatic N) is 3. The summed E-state index contributed by atoms with van der Waals surface area (Å²) in [5.41, 5.74) is -0.106. The van der Waals surface area contributed by atoms with Gasteiger partial charge >= 0.3 is 0 Å². The Morgan fingerprint density at radius 3 is 2.52 bits per heavy atom. The van der Waals surface area contributed by atoms with Crippen LogP contribution in [-0.2, 0) is 21.9 Å². The third-order valence-corrected chi connectivity index (χ3v) is 7.30. The van der Waals surface area contributed by atoms with Gasteiger partial charge in [0.25, 0.3) is 0 Å². The molecule has 126 valence electrons. The van der Waals surface area contributed by atoms with Gasteiger partial charge in [0, 0.05) is 20.1 Å². The maximum Gasteiger partial charge on any atom is 0.248 e. The Hall–Kier alpha value is -1.38. The van der Waals surface area contributed by atoms with Crippen molar-refractivity contribution in [2.24, 2.45) is 12.5 Å². The van der Waals surface area contributed by atoms with Crippen molar-refractivity contribution in [3.05, 3.63) is 23.1 Å². The van der Waals surface area contributed by atoms with Gasteiger partial charge in [0.1, 0.15) is 10.0 Å². The molecule has 2 aliphatic rings. The molecule has 0 bridgehead atoms. The van der Waals surface area contributed by atoms with Crippen molar-refractivity contribution in [1.29, 1.82) is 0 Å². The number of hydrogen-bond donors (Lipinski definition) is 1. The van der Waals surface area contributed by atoms with Gasteiger partial charge in [-0.05, 0) is 32.4 Å². The van der Waals surface area contributed by atoms with E-state index in [0.717, 1.165) is 0 Å². The van der Waals surface area contributed by atoms with E-state index in [-0.39, 0.29) is 16.0 Å². The zero-order valence-corrected chi connectivity index (χ0v) is 14.6. The fourth-order valence-corrected chi connectivity index (χ4v) is 5.43. The first kappa shape index (κ1) is 16.5. The van der Waals surface area contributed by atoms with Gasteiger partial charge in [0.15, 0.2) is 0 Å². The first-order chi connectivity index (χ1) is 10.8. The van der Waals surface area contributed by atoms with Crippen LogP contribution in [0.15, 0.2) is 17.2 Å². The standard InChI is InChI=1S/C14H19ClN4O3S/c1-10-11(12(15)18(2)17-10)23(21,22)19-8-5-14(6-9-19)4-3-7-16-13(14)20/h3,7H,4-6,8-9H2,1-2H3,(H,16,20). The average Bonchev–Trinajstić information content (AvgIpc) is 2.76. The van der Waals surface area contributed by atoms with Gasteiger partial charge in [-0.3, -0.25) is 9.48 Å². The number of halogens is 1. The van der Waals surface area contributed by atoms with Crippen LogP contribution >= 0.6 is 11.6 Å². The lowest BCUT2D eigenvalue weighted by Gasteiger charge is -2.40. The van der Waals surface area contributed by atoms with Crippen LogP contribution in [0.2, 0.25) is 5.15 Å². The molecule has 3 heterocycles. The maximum absolute atomic E-state index is 12.9. The molecule has 3 rings (SSSR count). The number of aromatic nitrogens is 2.